The van der Waals surface area contributed by atoms with E-state index in [-0.39, 0.29) is 33.8 Å². The van der Waals surface area contributed by atoms with Gasteiger partial charge in [-0.05, 0) is 65.9 Å². The normalized spacial score (nSPS) is 13.2. The minimum absolute atomic E-state index is 0.0498. The van der Waals surface area contributed by atoms with Crippen LogP contribution in [0.5, 0.6) is 11.5 Å². The van der Waals surface area contributed by atoms with Gasteiger partial charge in [-0.2, -0.15) is 8.78 Å². The summed E-state index contributed by atoms with van der Waals surface area (Å²) in [5.41, 5.74) is 0.942. The maximum Gasteiger partial charge on any atom is 0.387 e. The third kappa shape index (κ3) is 3.90. The Morgan fingerprint density at radius 1 is 0.793 bits per heavy atom. The first-order valence-corrected chi connectivity index (χ1v) is 8.78. The van der Waals surface area contributed by atoms with Crippen LogP contribution in [0.4, 0.5) is 22.0 Å². The van der Waals surface area contributed by atoms with Crippen molar-refractivity contribution in [3.8, 4) is 33.8 Å². The first-order chi connectivity index (χ1) is 13.9. The second kappa shape index (κ2) is 7.73. The zero-order chi connectivity index (χ0) is 20.5. The van der Waals surface area contributed by atoms with Crippen LogP contribution >= 0.6 is 0 Å². The summed E-state index contributed by atoms with van der Waals surface area (Å²) in [5, 5.41) is 0. The van der Waals surface area contributed by atoms with Gasteiger partial charge in [0.2, 0.25) is 0 Å². The molecule has 0 fully saturated rings. The molecule has 1 radical (unpaired) electrons. The third-order valence-electron chi connectivity index (χ3n) is 4.61. The lowest BCUT2D eigenvalue weighted by molar-refractivity contribution is -0.0498. The molecule has 4 rings (SSSR count). The summed E-state index contributed by atoms with van der Waals surface area (Å²) in [6.45, 7) is -1.48. The molecule has 149 valence electrons. The number of rotatable bonds is 4. The second-order valence-electron chi connectivity index (χ2n) is 6.48. The highest BCUT2D eigenvalue weighted by atomic mass is 19.3. The molecule has 0 unspecified atom stereocenters. The Bertz CT molecular complexity index is 1050. The van der Waals surface area contributed by atoms with E-state index in [0.717, 1.165) is 18.2 Å². The molecule has 0 aliphatic carbocycles. The summed E-state index contributed by atoms with van der Waals surface area (Å²) in [6.07, 6.45) is 1.13. The molecule has 3 aromatic rings. The third-order valence-corrected chi connectivity index (χ3v) is 4.61. The summed E-state index contributed by atoms with van der Waals surface area (Å²) < 4.78 is 77.7. The predicted octanol–water partition coefficient (Wildman–Crippen LogP) is 6.53. The SMILES string of the molecule is Fc1cc(-c2cc(F)c3c(c2)CC[CH]O3)c(F)cc1-c1ccc(OC(F)F)cc1. The van der Waals surface area contributed by atoms with Crippen molar-refractivity contribution < 1.29 is 31.4 Å². The Labute approximate surface area is 163 Å². The Morgan fingerprint density at radius 3 is 2.10 bits per heavy atom. The van der Waals surface area contributed by atoms with E-state index < -0.39 is 24.1 Å². The zero-order valence-corrected chi connectivity index (χ0v) is 14.9. The number of hydrogen-bond acceptors (Lipinski definition) is 2. The molecule has 0 aromatic heterocycles. The predicted molar refractivity (Wildman–Crippen MR) is 97.1 cm³/mol. The summed E-state index contributed by atoms with van der Waals surface area (Å²) in [4.78, 5) is 0. The van der Waals surface area contributed by atoms with Crippen molar-refractivity contribution in [2.24, 2.45) is 0 Å². The van der Waals surface area contributed by atoms with Crippen LogP contribution in [0.3, 0.4) is 0 Å². The molecule has 2 nitrogen and oxygen atoms in total. The van der Waals surface area contributed by atoms with Gasteiger partial charge in [0.05, 0.1) is 0 Å². The van der Waals surface area contributed by atoms with E-state index in [1.54, 1.807) is 6.07 Å². The summed E-state index contributed by atoms with van der Waals surface area (Å²) in [6, 6.07) is 9.85. The Morgan fingerprint density at radius 2 is 1.45 bits per heavy atom. The van der Waals surface area contributed by atoms with Crippen molar-refractivity contribution in [1.82, 2.24) is 0 Å². The van der Waals surface area contributed by atoms with Gasteiger partial charge in [0.25, 0.3) is 0 Å². The molecule has 0 spiro atoms. The molecule has 0 atom stereocenters. The summed E-state index contributed by atoms with van der Waals surface area (Å²) in [7, 11) is 0. The van der Waals surface area contributed by atoms with Crippen molar-refractivity contribution in [3.63, 3.8) is 0 Å². The van der Waals surface area contributed by atoms with Crippen molar-refractivity contribution in [3.05, 3.63) is 78.2 Å². The van der Waals surface area contributed by atoms with E-state index in [1.165, 1.54) is 30.9 Å². The van der Waals surface area contributed by atoms with Crippen LogP contribution in [-0.2, 0) is 6.42 Å². The fourth-order valence-electron chi connectivity index (χ4n) is 3.29. The first kappa shape index (κ1) is 19.2. The molecule has 7 heteroatoms. The molecule has 0 amide bonds. The standard InChI is InChI=1S/C22H14F5O2/c23-18-11-17(14-8-13-2-1-7-28-21(13)20(25)9-14)19(24)10-16(18)12-3-5-15(6-4-12)29-22(26)27/h3-11,22H,1-2H2. The van der Waals surface area contributed by atoms with Crippen LogP contribution in [0, 0.1) is 24.1 Å². The highest BCUT2D eigenvalue weighted by Gasteiger charge is 2.20. The van der Waals surface area contributed by atoms with Gasteiger partial charge in [0.1, 0.15) is 24.0 Å². The van der Waals surface area contributed by atoms with Crippen LogP contribution in [0.25, 0.3) is 22.3 Å². The number of hydrogen-bond donors (Lipinski definition) is 0. The maximum absolute atomic E-state index is 14.8. The fourth-order valence-corrected chi connectivity index (χ4v) is 3.29. The largest absolute Gasteiger partial charge is 0.483 e. The molecule has 1 aliphatic heterocycles. The Kier molecular flexibility index (Phi) is 5.13. The smallest absolute Gasteiger partial charge is 0.387 e. The zero-order valence-electron chi connectivity index (χ0n) is 14.9. The van der Waals surface area contributed by atoms with E-state index in [0.29, 0.717) is 18.4 Å². The van der Waals surface area contributed by atoms with E-state index >= 15 is 0 Å². The molecule has 0 saturated heterocycles. The lowest BCUT2D eigenvalue weighted by atomic mass is 9.95. The van der Waals surface area contributed by atoms with Crippen molar-refractivity contribution >= 4 is 0 Å². The van der Waals surface area contributed by atoms with Crippen molar-refractivity contribution in [2.75, 3.05) is 0 Å². The Hall–Kier alpha value is -3.09. The molecule has 1 heterocycles. The van der Waals surface area contributed by atoms with Crippen LogP contribution < -0.4 is 9.47 Å². The van der Waals surface area contributed by atoms with Crippen LogP contribution in [0.1, 0.15) is 12.0 Å². The highest BCUT2D eigenvalue weighted by Crippen LogP contribution is 2.37. The molecular formula is C22H14F5O2. The maximum atomic E-state index is 14.8. The number of ether oxygens (including phenoxy) is 2. The number of aryl methyl sites for hydroxylation is 1. The topological polar surface area (TPSA) is 18.5 Å². The number of benzene rings is 3. The molecule has 3 aromatic carbocycles. The molecule has 29 heavy (non-hydrogen) atoms. The summed E-state index contributed by atoms with van der Waals surface area (Å²) in [5.74, 6) is -2.11. The number of halogens is 5. The molecule has 0 saturated carbocycles. The van der Waals surface area contributed by atoms with Crippen LogP contribution in [-0.4, -0.2) is 6.61 Å². The van der Waals surface area contributed by atoms with E-state index in [2.05, 4.69) is 4.74 Å². The van der Waals surface area contributed by atoms with Crippen molar-refractivity contribution in [1.29, 1.82) is 0 Å². The van der Waals surface area contributed by atoms with Crippen molar-refractivity contribution in [2.45, 2.75) is 19.5 Å². The average molecular weight is 405 g/mol. The quantitative estimate of drug-likeness (QED) is 0.460. The van der Waals surface area contributed by atoms with E-state index in [9.17, 15) is 22.0 Å². The van der Waals surface area contributed by atoms with Gasteiger partial charge in [-0.3, -0.25) is 0 Å². The molecule has 0 bridgehead atoms. The van der Waals surface area contributed by atoms with Gasteiger partial charge in [-0.1, -0.05) is 12.1 Å². The highest BCUT2D eigenvalue weighted by molar-refractivity contribution is 5.73. The average Bonchev–Trinajstić information content (AvgIpc) is 2.69. The molecular weight excluding hydrogens is 391 g/mol. The van der Waals surface area contributed by atoms with Gasteiger partial charge in [0.15, 0.2) is 11.6 Å². The minimum Gasteiger partial charge on any atom is -0.483 e. The second-order valence-corrected chi connectivity index (χ2v) is 6.48. The molecule has 0 N–H and O–H groups in total. The van der Waals surface area contributed by atoms with Gasteiger partial charge >= 0.3 is 6.61 Å². The minimum atomic E-state index is -2.98. The van der Waals surface area contributed by atoms with Gasteiger partial charge in [0, 0.05) is 11.1 Å². The van der Waals surface area contributed by atoms with Gasteiger partial charge in [-0.15, -0.1) is 0 Å². The summed E-state index contributed by atoms with van der Waals surface area (Å²) >= 11 is 0. The van der Waals surface area contributed by atoms with E-state index in [1.807, 2.05) is 0 Å². The lowest BCUT2D eigenvalue weighted by Gasteiger charge is -2.18. The monoisotopic (exact) mass is 405 g/mol. The van der Waals surface area contributed by atoms with Crippen LogP contribution in [0.15, 0.2) is 48.5 Å². The van der Waals surface area contributed by atoms with Crippen LogP contribution in [0.2, 0.25) is 0 Å². The fraction of sp³-hybridized carbons (Fsp3) is 0.136. The van der Waals surface area contributed by atoms with E-state index in [4.69, 9.17) is 4.74 Å². The van der Waals surface area contributed by atoms with Gasteiger partial charge < -0.3 is 9.47 Å². The molecule has 1 aliphatic rings. The Balaban J connectivity index is 1.70. The number of fused-ring (bicyclic) bond motifs is 1. The first-order valence-electron chi connectivity index (χ1n) is 8.78. The number of alkyl halides is 2. The van der Waals surface area contributed by atoms with Gasteiger partial charge in [-0.25, -0.2) is 13.2 Å². The lowest BCUT2D eigenvalue weighted by Crippen LogP contribution is -2.06.